The first kappa shape index (κ1) is 24.3. The Labute approximate surface area is 202 Å². The molecule has 2 aromatic carbocycles. The number of carbonyl (C=O) groups excluding carboxylic acids is 3. The van der Waals surface area contributed by atoms with Crippen LogP contribution in [0.5, 0.6) is 5.75 Å². The second-order valence-electron chi connectivity index (χ2n) is 9.38. The number of anilines is 1. The lowest BCUT2D eigenvalue weighted by Gasteiger charge is -2.31. The zero-order valence-electron chi connectivity index (χ0n) is 20.0. The number of hydrogen-bond donors (Lipinski definition) is 1. The maximum atomic E-state index is 13.4. The van der Waals surface area contributed by atoms with E-state index in [0.717, 1.165) is 0 Å². The number of para-hydroxylation sites is 1. The van der Waals surface area contributed by atoms with Gasteiger partial charge in [-0.05, 0) is 37.3 Å². The van der Waals surface area contributed by atoms with Gasteiger partial charge in [-0.15, -0.1) is 0 Å². The summed E-state index contributed by atoms with van der Waals surface area (Å²) in [6.45, 7) is 6.71. The first-order chi connectivity index (χ1) is 16.6. The van der Waals surface area contributed by atoms with Crippen molar-refractivity contribution < 1.29 is 28.8 Å². The zero-order chi connectivity index (χ0) is 25.3. The van der Waals surface area contributed by atoms with Crippen LogP contribution in [0.3, 0.4) is 0 Å². The van der Waals surface area contributed by atoms with E-state index in [0.29, 0.717) is 34.3 Å². The average molecular weight is 478 g/mol. The third kappa shape index (κ3) is 4.59. The van der Waals surface area contributed by atoms with E-state index < -0.39 is 29.1 Å². The van der Waals surface area contributed by atoms with Crippen molar-refractivity contribution in [2.75, 3.05) is 18.1 Å². The van der Waals surface area contributed by atoms with Crippen molar-refractivity contribution in [2.45, 2.75) is 33.7 Å². The van der Waals surface area contributed by atoms with Gasteiger partial charge >= 0.3 is 0 Å². The molecule has 1 aliphatic heterocycles. The SMILES string of the molecule is Cc1noc(-c2ccc(N3C(=O)C(=O)C(C(=O)C(C)(C)C)C3c3ccccc3OCCO)cc2)n1. The zero-order valence-corrected chi connectivity index (χ0v) is 20.0. The average Bonchev–Trinajstić information content (AvgIpc) is 3.38. The molecule has 0 bridgehead atoms. The van der Waals surface area contributed by atoms with Crippen molar-refractivity contribution in [2.24, 2.45) is 11.3 Å². The number of aryl methyl sites for hydroxylation is 1. The Hall–Kier alpha value is -3.85. The highest BCUT2D eigenvalue weighted by Gasteiger charge is 2.54. The monoisotopic (exact) mass is 477 g/mol. The normalized spacial score (nSPS) is 18.3. The van der Waals surface area contributed by atoms with Gasteiger partial charge in [0.25, 0.3) is 11.8 Å². The van der Waals surface area contributed by atoms with Crippen LogP contribution in [0.25, 0.3) is 11.5 Å². The minimum Gasteiger partial charge on any atom is -0.491 e. The number of aliphatic hydroxyl groups excluding tert-OH is 1. The van der Waals surface area contributed by atoms with Crippen molar-refractivity contribution in [3.8, 4) is 17.2 Å². The fourth-order valence-electron chi connectivity index (χ4n) is 4.19. The highest BCUT2D eigenvalue weighted by atomic mass is 16.5. The molecule has 1 aromatic heterocycles. The number of benzene rings is 2. The molecule has 2 unspecified atom stereocenters. The lowest BCUT2D eigenvalue weighted by Crippen LogP contribution is -2.36. The van der Waals surface area contributed by atoms with Gasteiger partial charge in [-0.3, -0.25) is 19.3 Å². The Morgan fingerprint density at radius 2 is 1.80 bits per heavy atom. The quantitative estimate of drug-likeness (QED) is 0.406. The summed E-state index contributed by atoms with van der Waals surface area (Å²) in [6.07, 6.45) is 0. The molecule has 182 valence electrons. The van der Waals surface area contributed by atoms with Gasteiger partial charge in [-0.2, -0.15) is 4.98 Å². The summed E-state index contributed by atoms with van der Waals surface area (Å²) < 4.78 is 10.9. The molecular weight excluding hydrogens is 450 g/mol. The molecule has 1 saturated heterocycles. The second-order valence-corrected chi connectivity index (χ2v) is 9.38. The van der Waals surface area contributed by atoms with Crippen LogP contribution in [0.2, 0.25) is 0 Å². The van der Waals surface area contributed by atoms with Gasteiger partial charge in [-0.1, -0.05) is 44.1 Å². The summed E-state index contributed by atoms with van der Waals surface area (Å²) in [5.74, 6) is -1.86. The molecule has 1 fully saturated rings. The summed E-state index contributed by atoms with van der Waals surface area (Å²) in [4.78, 5) is 45.6. The topological polar surface area (TPSA) is 123 Å². The summed E-state index contributed by atoms with van der Waals surface area (Å²) in [5.41, 5.74) is 0.752. The molecule has 9 heteroatoms. The van der Waals surface area contributed by atoms with Gasteiger partial charge in [0, 0.05) is 22.2 Å². The number of aliphatic hydroxyl groups is 1. The molecule has 9 nitrogen and oxygen atoms in total. The maximum Gasteiger partial charge on any atom is 0.295 e. The summed E-state index contributed by atoms with van der Waals surface area (Å²) in [6, 6.07) is 12.8. The molecule has 35 heavy (non-hydrogen) atoms. The summed E-state index contributed by atoms with van der Waals surface area (Å²) in [7, 11) is 0. The summed E-state index contributed by atoms with van der Waals surface area (Å²) >= 11 is 0. The smallest absolute Gasteiger partial charge is 0.295 e. The number of Topliss-reactive ketones (excluding diaryl/α,β-unsaturated/α-hetero) is 2. The molecule has 0 radical (unpaired) electrons. The van der Waals surface area contributed by atoms with Gasteiger partial charge < -0.3 is 14.4 Å². The first-order valence-corrected chi connectivity index (χ1v) is 11.3. The van der Waals surface area contributed by atoms with Crippen molar-refractivity contribution in [1.82, 2.24) is 10.1 Å². The Morgan fingerprint density at radius 1 is 1.11 bits per heavy atom. The fourth-order valence-corrected chi connectivity index (χ4v) is 4.19. The van der Waals surface area contributed by atoms with Crippen LogP contribution in [-0.2, 0) is 14.4 Å². The lowest BCUT2D eigenvalue weighted by molar-refractivity contribution is -0.141. The molecule has 1 N–H and O–H groups in total. The van der Waals surface area contributed by atoms with E-state index in [1.165, 1.54) is 4.90 Å². The number of hydrogen-bond acceptors (Lipinski definition) is 8. The standard InChI is InChI=1S/C26H27N3O6/c1-15-27-24(35-28-15)16-9-11-17(12-10-16)29-21(18-7-5-6-8-19(18)34-14-13-30)20(22(31)25(29)33)23(32)26(2,3)4/h5-12,20-21,30H,13-14H2,1-4H3. The molecule has 0 saturated carbocycles. The lowest BCUT2D eigenvalue weighted by atomic mass is 9.77. The van der Waals surface area contributed by atoms with Gasteiger partial charge in [-0.25, -0.2) is 0 Å². The van der Waals surface area contributed by atoms with Gasteiger partial charge in [0.2, 0.25) is 5.78 Å². The van der Waals surface area contributed by atoms with Gasteiger partial charge in [0.05, 0.1) is 12.6 Å². The van der Waals surface area contributed by atoms with E-state index in [1.54, 1.807) is 76.2 Å². The molecule has 0 aliphatic carbocycles. The predicted molar refractivity (Wildman–Crippen MR) is 127 cm³/mol. The first-order valence-electron chi connectivity index (χ1n) is 11.3. The van der Waals surface area contributed by atoms with Crippen LogP contribution in [-0.4, -0.2) is 45.9 Å². The van der Waals surface area contributed by atoms with Crippen LogP contribution >= 0.6 is 0 Å². The van der Waals surface area contributed by atoms with E-state index in [1.807, 2.05) is 0 Å². The van der Waals surface area contributed by atoms with Crippen molar-refractivity contribution in [3.05, 3.63) is 59.9 Å². The number of ketones is 2. The van der Waals surface area contributed by atoms with Crippen molar-refractivity contribution >= 4 is 23.2 Å². The predicted octanol–water partition coefficient (Wildman–Crippen LogP) is 3.30. The minimum atomic E-state index is -1.21. The summed E-state index contributed by atoms with van der Waals surface area (Å²) in [5, 5.41) is 13.0. The third-order valence-electron chi connectivity index (χ3n) is 5.83. The highest BCUT2D eigenvalue weighted by Crippen LogP contribution is 2.45. The van der Waals surface area contributed by atoms with Crippen LogP contribution < -0.4 is 9.64 Å². The number of aromatic nitrogens is 2. The molecule has 1 amide bonds. The largest absolute Gasteiger partial charge is 0.491 e. The number of ether oxygens (including phenoxy) is 1. The third-order valence-corrected chi connectivity index (χ3v) is 5.83. The molecule has 2 atom stereocenters. The second kappa shape index (κ2) is 9.42. The number of rotatable bonds is 7. The molecule has 3 aromatic rings. The van der Waals surface area contributed by atoms with Crippen LogP contribution in [0.15, 0.2) is 53.1 Å². The minimum absolute atomic E-state index is 0.0296. The molecule has 4 rings (SSSR count). The van der Waals surface area contributed by atoms with Crippen molar-refractivity contribution in [1.29, 1.82) is 0 Å². The fraction of sp³-hybridized carbons (Fsp3) is 0.346. The van der Waals surface area contributed by atoms with Crippen molar-refractivity contribution in [3.63, 3.8) is 0 Å². The Morgan fingerprint density at radius 3 is 2.40 bits per heavy atom. The van der Waals surface area contributed by atoms with Crippen LogP contribution in [0.4, 0.5) is 5.69 Å². The van der Waals surface area contributed by atoms with Crippen LogP contribution in [0.1, 0.15) is 38.2 Å². The Kier molecular flexibility index (Phi) is 6.53. The van der Waals surface area contributed by atoms with E-state index >= 15 is 0 Å². The number of nitrogens with zero attached hydrogens (tertiary/aromatic N) is 3. The molecular formula is C26H27N3O6. The molecule has 1 aliphatic rings. The maximum absolute atomic E-state index is 13.4. The molecule has 2 heterocycles. The highest BCUT2D eigenvalue weighted by molar-refractivity contribution is 6.48. The van der Waals surface area contributed by atoms with Gasteiger partial charge in [0.1, 0.15) is 18.3 Å². The van der Waals surface area contributed by atoms with E-state index in [4.69, 9.17) is 9.26 Å². The van der Waals surface area contributed by atoms with Crippen LogP contribution in [0, 0.1) is 18.3 Å². The van der Waals surface area contributed by atoms with E-state index in [9.17, 15) is 19.5 Å². The van der Waals surface area contributed by atoms with E-state index in [-0.39, 0.29) is 19.0 Å². The Bertz CT molecular complexity index is 1260. The Balaban J connectivity index is 1.83. The number of carbonyl (C=O) groups is 3. The number of amides is 1. The molecule has 0 spiro atoms. The van der Waals surface area contributed by atoms with E-state index in [2.05, 4.69) is 10.1 Å². The van der Waals surface area contributed by atoms with Gasteiger partial charge in [0.15, 0.2) is 11.6 Å².